The molecule has 1 N–H and O–H groups in total. The highest BCUT2D eigenvalue weighted by atomic mass is 35.5. The predicted molar refractivity (Wildman–Crippen MR) is 144 cm³/mol. The van der Waals surface area contributed by atoms with Gasteiger partial charge in [-0.25, -0.2) is 15.0 Å². The number of aryl methyl sites for hydroxylation is 1. The summed E-state index contributed by atoms with van der Waals surface area (Å²) in [5.74, 6) is -0.337. The van der Waals surface area contributed by atoms with Gasteiger partial charge in [0.25, 0.3) is 5.91 Å². The van der Waals surface area contributed by atoms with Gasteiger partial charge in [0.1, 0.15) is 10.9 Å². The third-order valence-corrected chi connectivity index (χ3v) is 7.10. The number of aromatic nitrogens is 5. The number of pyridine rings is 2. The Labute approximate surface area is 227 Å². The van der Waals surface area contributed by atoms with E-state index in [-0.39, 0.29) is 17.0 Å². The van der Waals surface area contributed by atoms with Gasteiger partial charge < -0.3 is 9.47 Å². The van der Waals surface area contributed by atoms with Crippen LogP contribution in [0.5, 0.6) is 5.75 Å². The number of thiazole rings is 1. The lowest BCUT2D eigenvalue weighted by molar-refractivity contribution is -0.147. The number of ether oxygens (including phenoxy) is 2. The van der Waals surface area contributed by atoms with Crippen LogP contribution >= 0.6 is 22.9 Å². The average Bonchev–Trinajstić information content (AvgIpc) is 3.55. The summed E-state index contributed by atoms with van der Waals surface area (Å²) in [5.41, 5.74) is 4.29. The summed E-state index contributed by atoms with van der Waals surface area (Å²) in [7, 11) is 1.52. The van der Waals surface area contributed by atoms with Crippen molar-refractivity contribution < 1.29 is 19.1 Å². The van der Waals surface area contributed by atoms with Crippen molar-refractivity contribution in [1.29, 1.82) is 0 Å². The molecule has 0 saturated carbocycles. The van der Waals surface area contributed by atoms with E-state index in [1.807, 2.05) is 13.0 Å². The van der Waals surface area contributed by atoms with Crippen LogP contribution < -0.4 is 10.1 Å². The SMILES string of the molecule is CCOC(=O)C1CC=C(c2cnc3nc(NC(=O)c4cnc(C)cc4-c4cc(Cl)ncc4OC)sc3n2)C1. The van der Waals surface area contributed by atoms with Gasteiger partial charge in [0.05, 0.1) is 43.3 Å². The molecule has 1 amide bonds. The number of rotatable bonds is 7. The van der Waals surface area contributed by atoms with Crippen molar-refractivity contribution in [2.75, 3.05) is 19.0 Å². The molecule has 0 spiro atoms. The monoisotopic (exact) mass is 550 g/mol. The molecule has 4 heterocycles. The molecule has 0 radical (unpaired) electrons. The fraction of sp³-hybridized carbons (Fsp3) is 0.269. The van der Waals surface area contributed by atoms with Crippen LogP contribution in [-0.2, 0) is 9.53 Å². The molecule has 0 aliphatic heterocycles. The van der Waals surface area contributed by atoms with Crippen LogP contribution in [-0.4, -0.2) is 50.5 Å². The molecule has 12 heteroatoms. The fourth-order valence-corrected chi connectivity index (χ4v) is 5.16. The Morgan fingerprint density at radius 1 is 1.13 bits per heavy atom. The van der Waals surface area contributed by atoms with E-state index < -0.39 is 5.91 Å². The van der Waals surface area contributed by atoms with Crippen LogP contribution in [0.4, 0.5) is 5.13 Å². The molecule has 10 nitrogen and oxygen atoms in total. The van der Waals surface area contributed by atoms with E-state index in [2.05, 4.69) is 30.2 Å². The first-order valence-corrected chi connectivity index (χ1v) is 13.0. The second kappa shape index (κ2) is 10.8. The maximum absolute atomic E-state index is 13.3. The lowest BCUT2D eigenvalue weighted by atomic mass is 10.0. The molecule has 1 aliphatic carbocycles. The topological polar surface area (TPSA) is 129 Å². The molecule has 0 fully saturated rings. The molecule has 4 aromatic heterocycles. The largest absolute Gasteiger partial charge is 0.494 e. The Bertz CT molecular complexity index is 1590. The van der Waals surface area contributed by atoms with Crippen LogP contribution in [0.25, 0.3) is 27.2 Å². The normalized spacial score (nSPS) is 14.8. The highest BCUT2D eigenvalue weighted by Gasteiger charge is 2.27. The van der Waals surface area contributed by atoms with E-state index in [0.29, 0.717) is 63.2 Å². The molecule has 0 aromatic carbocycles. The van der Waals surface area contributed by atoms with E-state index in [1.54, 1.807) is 25.3 Å². The molecule has 1 unspecified atom stereocenters. The number of amides is 1. The molecule has 4 aromatic rings. The standard InChI is InChI=1S/C26H23ClN6O4S/c1-4-37-25(35)15-6-5-14(8-15)19-11-30-22-24(31-19)38-26(32-22)33-23(34)18-10-28-13(2)7-16(18)17-9-21(27)29-12-20(17)36-3/h5,7,9-12,15H,4,6,8H2,1-3H3,(H,30,32,33,34). The predicted octanol–water partition coefficient (Wildman–Crippen LogP) is 5.12. The molecule has 1 aliphatic rings. The van der Waals surface area contributed by atoms with Crippen molar-refractivity contribution in [2.45, 2.75) is 26.7 Å². The molecule has 5 rings (SSSR count). The Hall–Kier alpha value is -3.96. The highest BCUT2D eigenvalue weighted by molar-refractivity contribution is 7.21. The number of fused-ring (bicyclic) bond motifs is 1. The Kier molecular flexibility index (Phi) is 7.30. The maximum atomic E-state index is 13.3. The molecule has 38 heavy (non-hydrogen) atoms. The summed E-state index contributed by atoms with van der Waals surface area (Å²) in [6.45, 7) is 3.98. The zero-order valence-electron chi connectivity index (χ0n) is 20.8. The number of esters is 1. The number of carbonyl (C=O) groups excluding carboxylic acids is 2. The summed E-state index contributed by atoms with van der Waals surface area (Å²) in [4.78, 5) is 47.9. The minimum absolute atomic E-state index is 0.202. The van der Waals surface area contributed by atoms with Crippen molar-refractivity contribution in [3.05, 3.63) is 58.9 Å². The van der Waals surface area contributed by atoms with E-state index in [4.69, 9.17) is 21.1 Å². The van der Waals surface area contributed by atoms with Gasteiger partial charge in [-0.2, -0.15) is 4.98 Å². The molecule has 1 atom stereocenters. The van der Waals surface area contributed by atoms with E-state index in [9.17, 15) is 9.59 Å². The third kappa shape index (κ3) is 5.20. The zero-order chi connectivity index (χ0) is 26.8. The van der Waals surface area contributed by atoms with E-state index in [1.165, 1.54) is 30.8 Å². The van der Waals surface area contributed by atoms with Crippen LogP contribution in [0.2, 0.25) is 5.15 Å². The number of nitrogens with one attached hydrogen (secondary N) is 1. The molecular weight excluding hydrogens is 528 g/mol. The van der Waals surface area contributed by atoms with Crippen molar-refractivity contribution in [1.82, 2.24) is 24.9 Å². The maximum Gasteiger partial charge on any atom is 0.309 e. The Balaban J connectivity index is 1.39. The first kappa shape index (κ1) is 25.7. The minimum Gasteiger partial charge on any atom is -0.494 e. The molecule has 0 bridgehead atoms. The van der Waals surface area contributed by atoms with Gasteiger partial charge in [-0.3, -0.25) is 19.9 Å². The number of hydrogen-bond acceptors (Lipinski definition) is 10. The van der Waals surface area contributed by atoms with Crippen molar-refractivity contribution in [3.8, 4) is 16.9 Å². The number of anilines is 1. The smallest absolute Gasteiger partial charge is 0.309 e. The van der Waals surface area contributed by atoms with Gasteiger partial charge in [0.15, 0.2) is 15.6 Å². The Morgan fingerprint density at radius 3 is 2.76 bits per heavy atom. The number of nitrogens with zero attached hydrogens (tertiary/aromatic N) is 5. The van der Waals surface area contributed by atoms with E-state index >= 15 is 0 Å². The highest BCUT2D eigenvalue weighted by Crippen LogP contribution is 2.35. The zero-order valence-corrected chi connectivity index (χ0v) is 22.4. The summed E-state index contributed by atoms with van der Waals surface area (Å²) in [5, 5.41) is 3.45. The second-order valence-electron chi connectivity index (χ2n) is 8.55. The van der Waals surface area contributed by atoms with E-state index in [0.717, 1.165) is 11.3 Å². The number of halogens is 1. The lowest BCUT2D eigenvalue weighted by Crippen LogP contribution is -2.15. The quantitative estimate of drug-likeness (QED) is 0.246. The number of methoxy groups -OCH3 is 1. The van der Waals surface area contributed by atoms with Crippen molar-refractivity contribution >= 4 is 56.0 Å². The van der Waals surface area contributed by atoms with Gasteiger partial charge in [-0.05, 0) is 44.4 Å². The Morgan fingerprint density at radius 2 is 1.97 bits per heavy atom. The fourth-order valence-electron chi connectivity index (χ4n) is 4.21. The number of hydrogen-bond donors (Lipinski definition) is 1. The first-order valence-electron chi connectivity index (χ1n) is 11.8. The summed E-state index contributed by atoms with van der Waals surface area (Å²) >= 11 is 7.35. The molecule has 194 valence electrons. The lowest BCUT2D eigenvalue weighted by Gasteiger charge is -2.13. The molecule has 0 saturated heterocycles. The third-order valence-electron chi connectivity index (χ3n) is 6.04. The van der Waals surface area contributed by atoms with Gasteiger partial charge in [0, 0.05) is 23.0 Å². The van der Waals surface area contributed by atoms with Gasteiger partial charge >= 0.3 is 5.97 Å². The van der Waals surface area contributed by atoms with Crippen molar-refractivity contribution in [2.24, 2.45) is 5.92 Å². The summed E-state index contributed by atoms with van der Waals surface area (Å²) in [6.07, 6.45) is 7.79. The number of allylic oxidation sites excluding steroid dienone is 2. The van der Waals surface area contributed by atoms with Crippen molar-refractivity contribution in [3.63, 3.8) is 0 Å². The average molecular weight is 551 g/mol. The second-order valence-corrected chi connectivity index (χ2v) is 9.92. The number of carbonyl (C=O) groups is 2. The van der Waals surface area contributed by atoms with Gasteiger partial charge in [-0.15, -0.1) is 0 Å². The van der Waals surface area contributed by atoms with Crippen LogP contribution in [0, 0.1) is 12.8 Å². The first-order chi connectivity index (χ1) is 18.4. The minimum atomic E-state index is -0.405. The molecular formula is C26H23ClN6O4S. The van der Waals surface area contributed by atoms with Crippen LogP contribution in [0.3, 0.4) is 0 Å². The van der Waals surface area contributed by atoms with Gasteiger partial charge in [0.2, 0.25) is 0 Å². The summed E-state index contributed by atoms with van der Waals surface area (Å²) in [6, 6.07) is 3.43. The summed E-state index contributed by atoms with van der Waals surface area (Å²) < 4.78 is 10.6. The van der Waals surface area contributed by atoms with Gasteiger partial charge in [-0.1, -0.05) is 29.0 Å². The van der Waals surface area contributed by atoms with Crippen LogP contribution in [0.15, 0.2) is 36.8 Å². The van der Waals surface area contributed by atoms with Crippen LogP contribution in [0.1, 0.15) is 41.5 Å².